The number of pyridine rings is 1. The molecule has 0 bridgehead atoms. The van der Waals surface area contributed by atoms with Crippen molar-refractivity contribution < 1.29 is 14.3 Å². The molecule has 18 heavy (non-hydrogen) atoms. The van der Waals surface area contributed by atoms with Crippen LogP contribution < -0.4 is 4.74 Å². The highest BCUT2D eigenvalue weighted by Gasteiger charge is 2.24. The largest absolute Gasteiger partial charge is 0.424 e. The number of nitrogens with zero attached hydrogens (tertiary/aromatic N) is 2. The van der Waals surface area contributed by atoms with Crippen molar-refractivity contribution >= 4 is 11.9 Å². The summed E-state index contributed by atoms with van der Waals surface area (Å²) in [6.07, 6.45) is 3.84. The van der Waals surface area contributed by atoms with Gasteiger partial charge in [-0.2, -0.15) is 0 Å². The van der Waals surface area contributed by atoms with Crippen LogP contribution in [0.1, 0.15) is 36.7 Å². The Labute approximate surface area is 106 Å². The molecule has 1 amide bonds. The lowest BCUT2D eigenvalue weighted by atomic mass is 10.3. The van der Waals surface area contributed by atoms with Gasteiger partial charge in [0.15, 0.2) is 11.4 Å². The van der Waals surface area contributed by atoms with Crippen LogP contribution in [0.15, 0.2) is 18.3 Å². The molecule has 96 valence electrons. The zero-order valence-electron chi connectivity index (χ0n) is 10.4. The number of likely N-dealkylation sites (tertiary alicyclic amines) is 1. The molecule has 0 radical (unpaired) electrons. The van der Waals surface area contributed by atoms with Crippen molar-refractivity contribution in [1.29, 1.82) is 0 Å². The molecule has 2 rings (SSSR count). The Morgan fingerprint density at radius 2 is 2.11 bits per heavy atom. The van der Waals surface area contributed by atoms with Crippen LogP contribution in [0.3, 0.4) is 0 Å². The lowest BCUT2D eigenvalue weighted by molar-refractivity contribution is -0.134. The van der Waals surface area contributed by atoms with Crippen molar-refractivity contribution in [2.24, 2.45) is 0 Å². The van der Waals surface area contributed by atoms with Gasteiger partial charge in [0.2, 0.25) is 0 Å². The number of carbonyl (C=O) groups excluding carboxylic acids is 2. The van der Waals surface area contributed by atoms with Crippen LogP contribution in [0.5, 0.6) is 5.75 Å². The normalized spacial score (nSPS) is 14.6. The molecule has 0 unspecified atom stereocenters. The van der Waals surface area contributed by atoms with E-state index in [1.54, 1.807) is 24.0 Å². The fourth-order valence-electron chi connectivity index (χ4n) is 1.90. The van der Waals surface area contributed by atoms with Gasteiger partial charge in [-0.3, -0.25) is 9.59 Å². The van der Waals surface area contributed by atoms with E-state index < -0.39 is 0 Å². The van der Waals surface area contributed by atoms with Gasteiger partial charge in [-0.1, -0.05) is 6.92 Å². The van der Waals surface area contributed by atoms with E-state index in [4.69, 9.17) is 4.74 Å². The van der Waals surface area contributed by atoms with Crippen molar-refractivity contribution in [1.82, 2.24) is 9.88 Å². The van der Waals surface area contributed by atoms with Gasteiger partial charge in [-0.25, -0.2) is 4.98 Å². The third kappa shape index (κ3) is 2.67. The first kappa shape index (κ1) is 12.5. The quantitative estimate of drug-likeness (QED) is 0.763. The van der Waals surface area contributed by atoms with Crippen LogP contribution in [0.2, 0.25) is 0 Å². The first-order chi connectivity index (χ1) is 8.72. The molecule has 1 fully saturated rings. The van der Waals surface area contributed by atoms with E-state index in [1.807, 2.05) is 0 Å². The van der Waals surface area contributed by atoms with E-state index in [1.165, 1.54) is 6.20 Å². The molecule has 1 saturated heterocycles. The zero-order valence-corrected chi connectivity index (χ0v) is 10.4. The lowest BCUT2D eigenvalue weighted by Crippen LogP contribution is -2.29. The Hall–Kier alpha value is -1.91. The molecule has 5 nitrogen and oxygen atoms in total. The summed E-state index contributed by atoms with van der Waals surface area (Å²) in [7, 11) is 0. The molecule has 1 aliphatic rings. The molecule has 5 heteroatoms. The van der Waals surface area contributed by atoms with E-state index in [-0.39, 0.29) is 29.7 Å². The number of carbonyl (C=O) groups is 2. The van der Waals surface area contributed by atoms with E-state index in [2.05, 4.69) is 4.98 Å². The second-order valence-electron chi connectivity index (χ2n) is 4.18. The minimum atomic E-state index is -0.363. The van der Waals surface area contributed by atoms with E-state index in [0.717, 1.165) is 25.9 Å². The van der Waals surface area contributed by atoms with Crippen LogP contribution in [0.25, 0.3) is 0 Å². The molecular weight excluding hydrogens is 232 g/mol. The standard InChI is InChI=1S/C13H16N2O3/c1-2-11(16)18-10-6-5-7-14-12(10)13(17)15-8-3-4-9-15/h5-7H,2-4,8-9H2,1H3. The molecule has 0 aromatic carbocycles. The van der Waals surface area contributed by atoms with Gasteiger partial charge in [0.1, 0.15) is 0 Å². The molecular formula is C13H16N2O3. The number of rotatable bonds is 3. The number of esters is 1. The van der Waals surface area contributed by atoms with Gasteiger partial charge in [0.05, 0.1) is 0 Å². The third-order valence-corrected chi connectivity index (χ3v) is 2.88. The van der Waals surface area contributed by atoms with Gasteiger partial charge in [0.25, 0.3) is 5.91 Å². The fraction of sp³-hybridized carbons (Fsp3) is 0.462. The number of hydrogen-bond acceptors (Lipinski definition) is 4. The highest BCUT2D eigenvalue weighted by atomic mass is 16.5. The topological polar surface area (TPSA) is 59.5 Å². The van der Waals surface area contributed by atoms with Gasteiger partial charge >= 0.3 is 5.97 Å². The summed E-state index contributed by atoms with van der Waals surface area (Å²) in [5.74, 6) is -0.272. The van der Waals surface area contributed by atoms with Gasteiger partial charge in [-0.05, 0) is 25.0 Å². The Bertz CT molecular complexity index is 453. The SMILES string of the molecule is CCC(=O)Oc1cccnc1C(=O)N1CCCC1. The van der Waals surface area contributed by atoms with Crippen molar-refractivity contribution in [2.45, 2.75) is 26.2 Å². The third-order valence-electron chi connectivity index (χ3n) is 2.88. The van der Waals surface area contributed by atoms with Gasteiger partial charge in [-0.15, -0.1) is 0 Å². The molecule has 0 saturated carbocycles. The first-order valence-electron chi connectivity index (χ1n) is 6.17. The summed E-state index contributed by atoms with van der Waals surface area (Å²) in [6, 6.07) is 3.25. The Morgan fingerprint density at radius 1 is 1.39 bits per heavy atom. The predicted molar refractivity (Wildman–Crippen MR) is 65.3 cm³/mol. The summed E-state index contributed by atoms with van der Waals surface area (Å²) in [5, 5.41) is 0. The maximum atomic E-state index is 12.2. The molecule has 0 atom stereocenters. The predicted octanol–water partition coefficient (Wildman–Crippen LogP) is 1.63. The van der Waals surface area contributed by atoms with E-state index >= 15 is 0 Å². The lowest BCUT2D eigenvalue weighted by Gasteiger charge is -2.16. The number of aromatic nitrogens is 1. The number of hydrogen-bond donors (Lipinski definition) is 0. The maximum Gasteiger partial charge on any atom is 0.310 e. The van der Waals surface area contributed by atoms with Crippen LogP contribution in [0, 0.1) is 0 Å². The number of ether oxygens (including phenoxy) is 1. The Morgan fingerprint density at radius 3 is 2.78 bits per heavy atom. The van der Waals surface area contributed by atoms with Crippen LogP contribution in [-0.2, 0) is 4.79 Å². The first-order valence-corrected chi connectivity index (χ1v) is 6.17. The maximum absolute atomic E-state index is 12.2. The second kappa shape index (κ2) is 5.62. The zero-order chi connectivity index (χ0) is 13.0. The van der Waals surface area contributed by atoms with E-state index in [0.29, 0.717) is 0 Å². The molecule has 0 N–H and O–H groups in total. The smallest absolute Gasteiger partial charge is 0.310 e. The molecule has 0 aliphatic carbocycles. The monoisotopic (exact) mass is 248 g/mol. The molecule has 1 aromatic rings. The van der Waals surface area contributed by atoms with Crippen molar-refractivity contribution in [3.8, 4) is 5.75 Å². The Balaban J connectivity index is 2.20. The summed E-state index contributed by atoms with van der Waals surface area (Å²) in [5.41, 5.74) is 0.223. The minimum absolute atomic E-state index is 0.160. The van der Waals surface area contributed by atoms with Crippen LogP contribution in [-0.4, -0.2) is 34.8 Å². The average molecular weight is 248 g/mol. The molecule has 1 aliphatic heterocycles. The minimum Gasteiger partial charge on any atom is -0.424 e. The van der Waals surface area contributed by atoms with Crippen LogP contribution >= 0.6 is 0 Å². The second-order valence-corrected chi connectivity index (χ2v) is 4.18. The molecule has 1 aromatic heterocycles. The van der Waals surface area contributed by atoms with Crippen molar-refractivity contribution in [3.05, 3.63) is 24.0 Å². The highest BCUT2D eigenvalue weighted by molar-refractivity contribution is 5.95. The summed E-state index contributed by atoms with van der Waals surface area (Å²) < 4.78 is 5.13. The Kier molecular flexibility index (Phi) is 3.92. The number of amides is 1. The molecule has 2 heterocycles. The van der Waals surface area contributed by atoms with Crippen molar-refractivity contribution in [3.63, 3.8) is 0 Å². The molecule has 0 spiro atoms. The van der Waals surface area contributed by atoms with E-state index in [9.17, 15) is 9.59 Å². The summed E-state index contributed by atoms with van der Waals surface area (Å²) in [6.45, 7) is 3.20. The van der Waals surface area contributed by atoms with Crippen molar-refractivity contribution in [2.75, 3.05) is 13.1 Å². The fourth-order valence-corrected chi connectivity index (χ4v) is 1.90. The van der Waals surface area contributed by atoms with Gasteiger partial charge < -0.3 is 9.64 Å². The highest BCUT2D eigenvalue weighted by Crippen LogP contribution is 2.20. The summed E-state index contributed by atoms with van der Waals surface area (Å²) in [4.78, 5) is 29.3. The average Bonchev–Trinajstić information content (AvgIpc) is 2.92. The van der Waals surface area contributed by atoms with Gasteiger partial charge in [0, 0.05) is 25.7 Å². The summed E-state index contributed by atoms with van der Waals surface area (Å²) >= 11 is 0. The van der Waals surface area contributed by atoms with Crippen LogP contribution in [0.4, 0.5) is 0 Å².